The number of benzene rings is 1. The first-order valence-corrected chi connectivity index (χ1v) is 13.3. The molecule has 0 saturated carbocycles. The number of nitrogens with one attached hydrogen (secondary N) is 3. The summed E-state index contributed by atoms with van der Waals surface area (Å²) in [6.07, 6.45) is 4.74. The molecule has 2 heterocycles. The molecule has 0 spiro atoms. The standard InChI is InChI=1S/C28H36F2N4O5/c1-3-28(2)27(39)32-22(16-18-9-7-10-19(30)15-18)26(38)34-14-8-13-23(34)25(37)31-21(24(36)33-28)12-6-4-5-11-20(35)17-29/h4-5,7,9-10,15,21-23H,3,6,8,11-14,16-17H2,1-2H3,(H,31,37)(H,32,39)(H,33,36)/t21-,22-,23+,28-/m0/s1. The lowest BCUT2D eigenvalue weighted by molar-refractivity contribution is -0.144. The largest absolute Gasteiger partial charge is 0.343 e. The zero-order valence-corrected chi connectivity index (χ0v) is 22.3. The summed E-state index contributed by atoms with van der Waals surface area (Å²) in [5.74, 6) is -3.10. The molecule has 2 aliphatic heterocycles. The van der Waals surface area contributed by atoms with E-state index in [-0.39, 0.29) is 25.7 Å². The third-order valence-corrected chi connectivity index (χ3v) is 7.29. The van der Waals surface area contributed by atoms with Crippen molar-refractivity contribution in [3.8, 4) is 0 Å². The summed E-state index contributed by atoms with van der Waals surface area (Å²) in [7, 11) is 0. The van der Waals surface area contributed by atoms with E-state index in [1.807, 2.05) is 0 Å². The molecule has 0 aromatic heterocycles. The van der Waals surface area contributed by atoms with Crippen molar-refractivity contribution in [1.82, 2.24) is 20.9 Å². The normalized spacial score (nSPS) is 26.4. The Hall–Kier alpha value is -3.63. The number of hydrogen-bond acceptors (Lipinski definition) is 5. The predicted octanol–water partition coefficient (Wildman–Crippen LogP) is 1.89. The van der Waals surface area contributed by atoms with Gasteiger partial charge in [-0.3, -0.25) is 24.0 Å². The van der Waals surface area contributed by atoms with Crippen LogP contribution in [0.2, 0.25) is 0 Å². The smallest absolute Gasteiger partial charge is 0.246 e. The van der Waals surface area contributed by atoms with Crippen LogP contribution in [0.5, 0.6) is 0 Å². The van der Waals surface area contributed by atoms with E-state index >= 15 is 0 Å². The van der Waals surface area contributed by atoms with E-state index in [1.54, 1.807) is 19.1 Å². The molecule has 0 radical (unpaired) electrons. The number of alkyl halides is 1. The van der Waals surface area contributed by atoms with Gasteiger partial charge in [-0.05, 0) is 56.7 Å². The number of fused-ring (bicyclic) bond motifs is 1. The van der Waals surface area contributed by atoms with E-state index in [0.29, 0.717) is 31.4 Å². The van der Waals surface area contributed by atoms with Gasteiger partial charge in [0, 0.05) is 19.4 Å². The number of carbonyl (C=O) groups is 5. The molecule has 3 N–H and O–H groups in total. The Morgan fingerprint density at radius 3 is 2.59 bits per heavy atom. The zero-order chi connectivity index (χ0) is 28.6. The lowest BCUT2D eigenvalue weighted by Crippen LogP contribution is -2.65. The number of allylic oxidation sites excluding steroid dienone is 2. The van der Waals surface area contributed by atoms with E-state index in [0.717, 1.165) is 0 Å². The third-order valence-electron chi connectivity index (χ3n) is 7.29. The van der Waals surface area contributed by atoms with Crippen LogP contribution in [0.1, 0.15) is 57.9 Å². The van der Waals surface area contributed by atoms with Crippen molar-refractivity contribution in [2.75, 3.05) is 13.2 Å². The number of amides is 4. The average molecular weight is 547 g/mol. The lowest BCUT2D eigenvalue weighted by atomic mass is 9.94. The summed E-state index contributed by atoms with van der Waals surface area (Å²) in [5.41, 5.74) is -0.891. The van der Waals surface area contributed by atoms with Crippen LogP contribution >= 0.6 is 0 Å². The van der Waals surface area contributed by atoms with Crippen molar-refractivity contribution in [3.05, 3.63) is 47.8 Å². The van der Waals surface area contributed by atoms with Gasteiger partial charge in [-0.2, -0.15) is 0 Å². The van der Waals surface area contributed by atoms with Crippen molar-refractivity contribution in [2.45, 2.75) is 82.5 Å². The molecule has 4 atom stereocenters. The second-order valence-corrected chi connectivity index (χ2v) is 10.2. The fraction of sp³-hybridized carbons (Fsp3) is 0.536. The number of carbonyl (C=O) groups excluding carboxylic acids is 5. The van der Waals surface area contributed by atoms with E-state index in [1.165, 1.54) is 36.1 Å². The summed E-state index contributed by atoms with van der Waals surface area (Å²) in [4.78, 5) is 66.4. The molecule has 1 aromatic rings. The number of Topliss-reactive ketones (excluding diaryl/α,β-unsaturated/α-hetero) is 1. The molecule has 0 aliphatic carbocycles. The molecule has 2 saturated heterocycles. The number of nitrogens with zero attached hydrogens (tertiary/aromatic N) is 1. The van der Waals surface area contributed by atoms with Crippen LogP contribution in [0.25, 0.3) is 0 Å². The lowest BCUT2D eigenvalue weighted by Gasteiger charge is -2.35. The fourth-order valence-corrected chi connectivity index (χ4v) is 4.77. The maximum absolute atomic E-state index is 13.8. The van der Waals surface area contributed by atoms with Crippen LogP contribution in [0.3, 0.4) is 0 Å². The average Bonchev–Trinajstić information content (AvgIpc) is 3.40. The monoisotopic (exact) mass is 546 g/mol. The molecule has 0 bridgehead atoms. The van der Waals surface area contributed by atoms with Gasteiger partial charge in [0.25, 0.3) is 0 Å². The van der Waals surface area contributed by atoms with Crippen LogP contribution in [-0.2, 0) is 30.4 Å². The minimum absolute atomic E-state index is 0.0147. The SMILES string of the molecule is CC[C@]1(C)NC(=O)[C@H](CCC=CCC(=O)CF)NC(=O)[C@H]2CCCN2C(=O)[C@H](Cc2cccc(F)c2)NC1=O. The summed E-state index contributed by atoms with van der Waals surface area (Å²) >= 11 is 0. The van der Waals surface area contributed by atoms with Crippen LogP contribution < -0.4 is 16.0 Å². The van der Waals surface area contributed by atoms with Crippen molar-refractivity contribution in [1.29, 1.82) is 0 Å². The summed E-state index contributed by atoms with van der Waals surface area (Å²) in [6.45, 7) is 2.50. The first-order chi connectivity index (χ1) is 18.6. The van der Waals surface area contributed by atoms with Gasteiger partial charge in [-0.15, -0.1) is 0 Å². The summed E-state index contributed by atoms with van der Waals surface area (Å²) in [6, 6.07) is 2.85. The van der Waals surface area contributed by atoms with Gasteiger partial charge in [-0.25, -0.2) is 8.78 Å². The molecule has 212 valence electrons. The van der Waals surface area contributed by atoms with Gasteiger partial charge in [0.1, 0.15) is 36.2 Å². The first-order valence-electron chi connectivity index (χ1n) is 13.3. The second kappa shape index (κ2) is 13.4. The number of rotatable bonds is 9. The molecule has 3 rings (SSSR count). The minimum atomic E-state index is -1.40. The minimum Gasteiger partial charge on any atom is -0.343 e. The van der Waals surface area contributed by atoms with Gasteiger partial charge >= 0.3 is 0 Å². The van der Waals surface area contributed by atoms with E-state index < -0.39 is 65.6 Å². The maximum Gasteiger partial charge on any atom is 0.246 e. The second-order valence-electron chi connectivity index (χ2n) is 10.2. The van der Waals surface area contributed by atoms with Crippen LogP contribution in [0.4, 0.5) is 8.78 Å². The summed E-state index contributed by atoms with van der Waals surface area (Å²) in [5, 5.41) is 8.25. The highest BCUT2D eigenvalue weighted by molar-refractivity contribution is 5.99. The fourth-order valence-electron chi connectivity index (χ4n) is 4.77. The van der Waals surface area contributed by atoms with E-state index in [2.05, 4.69) is 16.0 Å². The third kappa shape index (κ3) is 7.70. The Balaban J connectivity index is 1.88. The highest BCUT2D eigenvalue weighted by Gasteiger charge is 2.43. The molecule has 2 aliphatic rings. The molecule has 0 unspecified atom stereocenters. The molecular formula is C28H36F2N4O5. The molecule has 11 heteroatoms. The first kappa shape index (κ1) is 29.9. The maximum atomic E-state index is 13.8. The van der Waals surface area contributed by atoms with Crippen molar-refractivity contribution >= 4 is 29.4 Å². The van der Waals surface area contributed by atoms with Gasteiger partial charge in [0.15, 0.2) is 5.78 Å². The zero-order valence-electron chi connectivity index (χ0n) is 22.3. The molecule has 4 amide bonds. The van der Waals surface area contributed by atoms with Crippen molar-refractivity contribution in [2.24, 2.45) is 0 Å². The van der Waals surface area contributed by atoms with Crippen LogP contribution in [0, 0.1) is 5.82 Å². The number of halogens is 2. The van der Waals surface area contributed by atoms with Crippen LogP contribution in [0.15, 0.2) is 36.4 Å². The number of hydrogen-bond donors (Lipinski definition) is 3. The molecule has 1 aromatic carbocycles. The highest BCUT2D eigenvalue weighted by atomic mass is 19.1. The Bertz CT molecular complexity index is 1130. The van der Waals surface area contributed by atoms with Gasteiger partial charge in [0.2, 0.25) is 23.6 Å². The van der Waals surface area contributed by atoms with Gasteiger partial charge < -0.3 is 20.9 Å². The molecular weight excluding hydrogens is 510 g/mol. The molecule has 9 nitrogen and oxygen atoms in total. The Kier molecular flexibility index (Phi) is 10.3. The molecule has 2 fully saturated rings. The van der Waals surface area contributed by atoms with Crippen LogP contribution in [-0.4, -0.2) is 71.2 Å². The molecule has 39 heavy (non-hydrogen) atoms. The quantitative estimate of drug-likeness (QED) is 0.408. The predicted molar refractivity (Wildman–Crippen MR) is 140 cm³/mol. The van der Waals surface area contributed by atoms with Crippen molar-refractivity contribution in [3.63, 3.8) is 0 Å². The highest BCUT2D eigenvalue weighted by Crippen LogP contribution is 2.22. The van der Waals surface area contributed by atoms with Gasteiger partial charge in [-0.1, -0.05) is 31.2 Å². The summed E-state index contributed by atoms with van der Waals surface area (Å²) < 4.78 is 26.2. The van der Waals surface area contributed by atoms with Gasteiger partial charge in [0.05, 0.1) is 0 Å². The van der Waals surface area contributed by atoms with E-state index in [4.69, 9.17) is 0 Å². The van der Waals surface area contributed by atoms with E-state index in [9.17, 15) is 32.8 Å². The number of ketones is 1. The Morgan fingerprint density at radius 2 is 1.90 bits per heavy atom. The Morgan fingerprint density at radius 1 is 1.13 bits per heavy atom. The topological polar surface area (TPSA) is 125 Å². The van der Waals surface area contributed by atoms with Crippen molar-refractivity contribution < 1.29 is 32.8 Å². The Labute approximate surface area is 226 Å².